The topological polar surface area (TPSA) is 42.0 Å². The molecule has 0 saturated carbocycles. The van der Waals surface area contributed by atoms with Gasteiger partial charge in [-0.05, 0) is 32.1 Å². The minimum Gasteiger partial charge on any atom is -0.388 e. The Kier molecular flexibility index (Phi) is 4.54. The van der Waals surface area contributed by atoms with Crippen LogP contribution in [0.4, 0.5) is 0 Å². The highest BCUT2D eigenvalue weighted by Crippen LogP contribution is 1.94. The molecule has 0 fully saturated rings. The van der Waals surface area contributed by atoms with Crippen LogP contribution in [0.2, 0.25) is 0 Å². The number of carbonyl (C=O) groups excluding carboxylic acids is 1. The van der Waals surface area contributed by atoms with E-state index in [4.69, 9.17) is 0 Å². The standard InChI is InChI=1S/C12H16N2O/c1-10(9-11(2)15)13-8-6-12-5-3-4-7-14-12/h3-5,7,9,13H,6,8H2,1-2H3/b10-9+. The second kappa shape index (κ2) is 5.96. The van der Waals surface area contributed by atoms with Gasteiger partial charge in [-0.3, -0.25) is 9.78 Å². The summed E-state index contributed by atoms with van der Waals surface area (Å²) in [6.45, 7) is 4.23. The van der Waals surface area contributed by atoms with E-state index in [0.717, 1.165) is 24.4 Å². The molecule has 80 valence electrons. The van der Waals surface area contributed by atoms with Gasteiger partial charge in [0, 0.05) is 30.6 Å². The fraction of sp³-hybridized carbons (Fsp3) is 0.333. The largest absolute Gasteiger partial charge is 0.388 e. The Morgan fingerprint density at radius 1 is 1.47 bits per heavy atom. The van der Waals surface area contributed by atoms with E-state index >= 15 is 0 Å². The van der Waals surface area contributed by atoms with E-state index in [2.05, 4.69) is 10.3 Å². The lowest BCUT2D eigenvalue weighted by Crippen LogP contribution is -2.16. The van der Waals surface area contributed by atoms with E-state index in [-0.39, 0.29) is 5.78 Å². The molecule has 0 amide bonds. The first-order valence-corrected chi connectivity index (χ1v) is 5.01. The number of allylic oxidation sites excluding steroid dienone is 2. The molecule has 0 radical (unpaired) electrons. The number of ketones is 1. The third kappa shape index (κ3) is 4.96. The van der Waals surface area contributed by atoms with Gasteiger partial charge in [0.25, 0.3) is 0 Å². The number of rotatable bonds is 5. The second-order valence-electron chi connectivity index (χ2n) is 3.44. The maximum absolute atomic E-state index is 10.8. The number of nitrogens with zero attached hydrogens (tertiary/aromatic N) is 1. The Morgan fingerprint density at radius 2 is 2.27 bits per heavy atom. The van der Waals surface area contributed by atoms with Crippen molar-refractivity contribution >= 4 is 5.78 Å². The Morgan fingerprint density at radius 3 is 2.87 bits per heavy atom. The van der Waals surface area contributed by atoms with Crippen LogP contribution < -0.4 is 5.32 Å². The van der Waals surface area contributed by atoms with E-state index < -0.39 is 0 Å². The molecule has 15 heavy (non-hydrogen) atoms. The van der Waals surface area contributed by atoms with Crippen molar-refractivity contribution in [1.29, 1.82) is 0 Å². The lowest BCUT2D eigenvalue weighted by molar-refractivity contribution is -0.112. The van der Waals surface area contributed by atoms with Gasteiger partial charge in [0.05, 0.1) is 0 Å². The molecule has 1 rings (SSSR count). The molecule has 0 aromatic carbocycles. The van der Waals surface area contributed by atoms with Crippen LogP contribution in [0.25, 0.3) is 0 Å². The summed E-state index contributed by atoms with van der Waals surface area (Å²) in [4.78, 5) is 15.0. The molecule has 0 atom stereocenters. The van der Waals surface area contributed by atoms with Gasteiger partial charge in [-0.1, -0.05) is 6.07 Å². The zero-order chi connectivity index (χ0) is 11.1. The lowest BCUT2D eigenvalue weighted by atomic mass is 10.2. The van der Waals surface area contributed by atoms with Crippen molar-refractivity contribution in [2.75, 3.05) is 6.54 Å². The van der Waals surface area contributed by atoms with E-state index in [0.29, 0.717) is 0 Å². The predicted octanol–water partition coefficient (Wildman–Crippen LogP) is 1.71. The molecule has 0 aliphatic rings. The number of pyridine rings is 1. The SMILES string of the molecule is CC(=O)/C=C(\C)NCCc1ccccn1. The van der Waals surface area contributed by atoms with Gasteiger partial charge in [0.1, 0.15) is 0 Å². The fourth-order valence-electron chi connectivity index (χ4n) is 1.29. The summed E-state index contributed by atoms with van der Waals surface area (Å²) >= 11 is 0. The molecule has 3 nitrogen and oxygen atoms in total. The predicted molar refractivity (Wildman–Crippen MR) is 60.4 cm³/mol. The van der Waals surface area contributed by atoms with Gasteiger partial charge in [-0.15, -0.1) is 0 Å². The molecule has 0 spiro atoms. The van der Waals surface area contributed by atoms with Crippen LogP contribution in [0.5, 0.6) is 0 Å². The summed E-state index contributed by atoms with van der Waals surface area (Å²) in [6.07, 6.45) is 4.25. The van der Waals surface area contributed by atoms with Crippen molar-refractivity contribution < 1.29 is 4.79 Å². The van der Waals surface area contributed by atoms with Crippen LogP contribution in [0, 0.1) is 0 Å². The Balaban J connectivity index is 2.31. The third-order valence-electron chi connectivity index (χ3n) is 1.93. The molecule has 3 heteroatoms. The van der Waals surface area contributed by atoms with Gasteiger partial charge < -0.3 is 5.32 Å². The van der Waals surface area contributed by atoms with Crippen molar-refractivity contribution in [1.82, 2.24) is 10.3 Å². The van der Waals surface area contributed by atoms with E-state index in [9.17, 15) is 4.79 Å². The maximum Gasteiger partial charge on any atom is 0.154 e. The first-order chi connectivity index (χ1) is 7.18. The third-order valence-corrected chi connectivity index (χ3v) is 1.93. The normalized spacial score (nSPS) is 11.2. The Bertz CT molecular complexity index is 344. The molecule has 0 unspecified atom stereocenters. The molecule has 0 aliphatic carbocycles. The molecule has 0 aliphatic heterocycles. The van der Waals surface area contributed by atoms with E-state index in [1.54, 1.807) is 19.2 Å². The van der Waals surface area contributed by atoms with Crippen LogP contribution in [0.1, 0.15) is 19.5 Å². The highest BCUT2D eigenvalue weighted by molar-refractivity contribution is 5.87. The maximum atomic E-state index is 10.8. The van der Waals surface area contributed by atoms with Crippen molar-refractivity contribution in [3.8, 4) is 0 Å². The van der Waals surface area contributed by atoms with E-state index in [1.807, 2.05) is 25.1 Å². The van der Waals surface area contributed by atoms with Crippen LogP contribution in [-0.4, -0.2) is 17.3 Å². The van der Waals surface area contributed by atoms with Gasteiger partial charge in [0.2, 0.25) is 0 Å². The number of nitrogens with one attached hydrogen (secondary N) is 1. The quantitative estimate of drug-likeness (QED) is 0.742. The average Bonchev–Trinajstić information content (AvgIpc) is 2.18. The van der Waals surface area contributed by atoms with Crippen molar-refractivity contribution in [2.45, 2.75) is 20.3 Å². The number of aromatic nitrogens is 1. The molecule has 1 aromatic rings. The molecule has 0 saturated heterocycles. The Hall–Kier alpha value is -1.64. The zero-order valence-corrected chi connectivity index (χ0v) is 9.16. The summed E-state index contributed by atoms with van der Waals surface area (Å²) in [5, 5.41) is 3.16. The minimum atomic E-state index is 0.0674. The fourth-order valence-corrected chi connectivity index (χ4v) is 1.29. The average molecular weight is 204 g/mol. The lowest BCUT2D eigenvalue weighted by Gasteiger charge is -2.05. The van der Waals surface area contributed by atoms with Crippen molar-refractivity contribution in [3.05, 3.63) is 41.9 Å². The molecule has 1 N–H and O–H groups in total. The van der Waals surface area contributed by atoms with Crippen molar-refractivity contribution in [2.24, 2.45) is 0 Å². The second-order valence-corrected chi connectivity index (χ2v) is 3.44. The summed E-state index contributed by atoms with van der Waals surface area (Å²) in [5.41, 5.74) is 1.96. The molecule has 0 bridgehead atoms. The smallest absolute Gasteiger partial charge is 0.154 e. The van der Waals surface area contributed by atoms with Crippen molar-refractivity contribution in [3.63, 3.8) is 0 Å². The van der Waals surface area contributed by atoms with Crippen LogP contribution in [0.15, 0.2) is 36.2 Å². The van der Waals surface area contributed by atoms with Gasteiger partial charge >= 0.3 is 0 Å². The first-order valence-electron chi connectivity index (χ1n) is 5.01. The first kappa shape index (κ1) is 11.4. The molecule has 1 aromatic heterocycles. The van der Waals surface area contributed by atoms with E-state index in [1.165, 1.54) is 0 Å². The minimum absolute atomic E-state index is 0.0674. The Labute approximate surface area is 90.2 Å². The molecule has 1 heterocycles. The van der Waals surface area contributed by atoms with Crippen LogP contribution >= 0.6 is 0 Å². The zero-order valence-electron chi connectivity index (χ0n) is 9.16. The highest BCUT2D eigenvalue weighted by atomic mass is 16.1. The van der Waals surface area contributed by atoms with Gasteiger partial charge in [-0.25, -0.2) is 0 Å². The van der Waals surface area contributed by atoms with Gasteiger partial charge in [0.15, 0.2) is 5.78 Å². The molecular formula is C12H16N2O. The summed E-state index contributed by atoms with van der Waals surface area (Å²) < 4.78 is 0. The van der Waals surface area contributed by atoms with Crippen LogP contribution in [-0.2, 0) is 11.2 Å². The monoisotopic (exact) mass is 204 g/mol. The van der Waals surface area contributed by atoms with Gasteiger partial charge in [-0.2, -0.15) is 0 Å². The number of hydrogen-bond donors (Lipinski definition) is 1. The summed E-state index contributed by atoms with van der Waals surface area (Å²) in [6, 6.07) is 5.87. The number of hydrogen-bond acceptors (Lipinski definition) is 3. The molecular weight excluding hydrogens is 188 g/mol. The summed E-state index contributed by atoms with van der Waals surface area (Å²) in [7, 11) is 0. The van der Waals surface area contributed by atoms with Crippen LogP contribution in [0.3, 0.4) is 0 Å². The summed E-state index contributed by atoms with van der Waals surface area (Å²) in [5.74, 6) is 0.0674. The highest BCUT2D eigenvalue weighted by Gasteiger charge is 1.94. The number of carbonyl (C=O) groups is 1.